The van der Waals surface area contributed by atoms with Crippen LogP contribution in [0.1, 0.15) is 25.8 Å². The number of pyridine rings is 1. The Balaban J connectivity index is 2.71. The van der Waals surface area contributed by atoms with E-state index in [0.717, 1.165) is 13.0 Å². The second-order valence-electron chi connectivity index (χ2n) is 3.22. The highest BCUT2D eigenvalue weighted by atomic mass is 19.1. The van der Waals surface area contributed by atoms with Crippen LogP contribution in [0, 0.1) is 5.82 Å². The highest BCUT2D eigenvalue weighted by molar-refractivity contribution is 5.23. The summed E-state index contributed by atoms with van der Waals surface area (Å²) >= 11 is 0. The van der Waals surface area contributed by atoms with Crippen LogP contribution in [0.25, 0.3) is 0 Å². The number of hydrogen-bond acceptors (Lipinski definition) is 3. The van der Waals surface area contributed by atoms with Crippen LogP contribution in [0.2, 0.25) is 0 Å². The molecule has 0 saturated carbocycles. The first-order valence-corrected chi connectivity index (χ1v) is 5.26. The van der Waals surface area contributed by atoms with Crippen molar-refractivity contribution >= 4 is 0 Å². The molecule has 1 aromatic rings. The van der Waals surface area contributed by atoms with Crippen molar-refractivity contribution in [2.75, 3.05) is 13.2 Å². The molecule has 0 aliphatic heterocycles. The number of nitrogens with zero attached hydrogens (tertiary/aromatic N) is 1. The zero-order valence-electron chi connectivity index (χ0n) is 9.22. The number of halogens is 1. The van der Waals surface area contributed by atoms with Gasteiger partial charge in [0.1, 0.15) is 0 Å². The van der Waals surface area contributed by atoms with Gasteiger partial charge in [0.2, 0.25) is 0 Å². The number of rotatable bonds is 6. The van der Waals surface area contributed by atoms with Gasteiger partial charge in [-0.25, -0.2) is 9.37 Å². The van der Waals surface area contributed by atoms with Gasteiger partial charge in [-0.05, 0) is 19.0 Å². The highest BCUT2D eigenvalue weighted by Gasteiger charge is 2.09. The smallest absolute Gasteiger partial charge is 0.250 e. The van der Waals surface area contributed by atoms with Crippen molar-refractivity contribution in [2.45, 2.75) is 26.8 Å². The van der Waals surface area contributed by atoms with Crippen molar-refractivity contribution < 1.29 is 9.13 Å². The summed E-state index contributed by atoms with van der Waals surface area (Å²) in [6.07, 6.45) is 2.42. The van der Waals surface area contributed by atoms with E-state index in [9.17, 15) is 4.39 Å². The van der Waals surface area contributed by atoms with Crippen molar-refractivity contribution in [1.29, 1.82) is 0 Å². The van der Waals surface area contributed by atoms with Crippen molar-refractivity contribution in [1.82, 2.24) is 10.3 Å². The molecule has 4 heteroatoms. The van der Waals surface area contributed by atoms with Gasteiger partial charge in [0.05, 0.1) is 6.61 Å². The Hall–Kier alpha value is -1.16. The van der Waals surface area contributed by atoms with Crippen LogP contribution < -0.4 is 10.1 Å². The largest absolute Gasteiger partial charge is 0.476 e. The molecule has 0 saturated heterocycles. The van der Waals surface area contributed by atoms with Gasteiger partial charge in [0, 0.05) is 18.3 Å². The van der Waals surface area contributed by atoms with Crippen LogP contribution in [0.15, 0.2) is 12.3 Å². The van der Waals surface area contributed by atoms with Gasteiger partial charge < -0.3 is 10.1 Å². The van der Waals surface area contributed by atoms with E-state index < -0.39 is 0 Å². The van der Waals surface area contributed by atoms with E-state index in [1.54, 1.807) is 12.3 Å². The lowest BCUT2D eigenvalue weighted by molar-refractivity contribution is 0.287. The Morgan fingerprint density at radius 2 is 2.27 bits per heavy atom. The van der Waals surface area contributed by atoms with E-state index in [2.05, 4.69) is 10.3 Å². The third-order valence-electron chi connectivity index (χ3n) is 1.95. The SMILES string of the molecule is CCCOc1nccc(CNCC)c1F. The highest BCUT2D eigenvalue weighted by Crippen LogP contribution is 2.17. The first-order valence-electron chi connectivity index (χ1n) is 5.26. The van der Waals surface area contributed by atoms with Gasteiger partial charge in [-0.3, -0.25) is 0 Å². The van der Waals surface area contributed by atoms with Crippen molar-refractivity contribution in [3.8, 4) is 5.88 Å². The minimum atomic E-state index is -0.355. The summed E-state index contributed by atoms with van der Waals surface area (Å²) in [6.45, 7) is 5.77. The maximum atomic E-state index is 13.7. The molecule has 0 fully saturated rings. The fourth-order valence-corrected chi connectivity index (χ4v) is 1.16. The van der Waals surface area contributed by atoms with Crippen molar-refractivity contribution in [3.05, 3.63) is 23.6 Å². The second-order valence-corrected chi connectivity index (χ2v) is 3.22. The third kappa shape index (κ3) is 3.47. The molecule has 1 aromatic heterocycles. The van der Waals surface area contributed by atoms with Gasteiger partial charge in [-0.1, -0.05) is 13.8 Å². The Morgan fingerprint density at radius 3 is 2.93 bits per heavy atom. The van der Waals surface area contributed by atoms with Crippen LogP contribution in [0.3, 0.4) is 0 Å². The zero-order chi connectivity index (χ0) is 11.1. The zero-order valence-corrected chi connectivity index (χ0v) is 9.22. The number of ether oxygens (including phenoxy) is 1. The van der Waals surface area contributed by atoms with Crippen LogP contribution >= 0.6 is 0 Å². The monoisotopic (exact) mass is 212 g/mol. The van der Waals surface area contributed by atoms with Crippen LogP contribution in [0.5, 0.6) is 5.88 Å². The maximum absolute atomic E-state index is 13.7. The predicted molar refractivity (Wildman–Crippen MR) is 57.4 cm³/mol. The summed E-state index contributed by atoms with van der Waals surface area (Å²) < 4.78 is 18.9. The Morgan fingerprint density at radius 1 is 1.47 bits per heavy atom. The molecular weight excluding hydrogens is 195 g/mol. The molecule has 0 aromatic carbocycles. The van der Waals surface area contributed by atoms with Gasteiger partial charge in [-0.2, -0.15) is 0 Å². The average Bonchev–Trinajstić information content (AvgIpc) is 2.26. The number of nitrogens with one attached hydrogen (secondary N) is 1. The summed E-state index contributed by atoms with van der Waals surface area (Å²) in [6, 6.07) is 1.66. The summed E-state index contributed by atoms with van der Waals surface area (Å²) in [4.78, 5) is 3.86. The van der Waals surface area contributed by atoms with E-state index in [4.69, 9.17) is 4.74 Å². The van der Waals surface area contributed by atoms with E-state index in [0.29, 0.717) is 18.7 Å². The Labute approximate surface area is 89.7 Å². The van der Waals surface area contributed by atoms with E-state index in [1.807, 2.05) is 13.8 Å². The lowest BCUT2D eigenvalue weighted by Crippen LogP contribution is -2.13. The molecule has 1 N–H and O–H groups in total. The van der Waals surface area contributed by atoms with Gasteiger partial charge >= 0.3 is 0 Å². The molecule has 0 aliphatic carbocycles. The molecule has 0 amide bonds. The lowest BCUT2D eigenvalue weighted by Gasteiger charge is -2.08. The van der Waals surface area contributed by atoms with Crippen LogP contribution in [-0.4, -0.2) is 18.1 Å². The lowest BCUT2D eigenvalue weighted by atomic mass is 10.2. The molecule has 0 unspecified atom stereocenters. The summed E-state index contributed by atoms with van der Waals surface area (Å²) in [7, 11) is 0. The molecule has 1 heterocycles. The normalized spacial score (nSPS) is 10.3. The van der Waals surface area contributed by atoms with Gasteiger partial charge in [0.15, 0.2) is 5.82 Å². The van der Waals surface area contributed by atoms with Gasteiger partial charge in [0.25, 0.3) is 5.88 Å². The quantitative estimate of drug-likeness (QED) is 0.784. The molecule has 0 spiro atoms. The van der Waals surface area contributed by atoms with E-state index in [-0.39, 0.29) is 11.7 Å². The van der Waals surface area contributed by atoms with E-state index in [1.165, 1.54) is 0 Å². The van der Waals surface area contributed by atoms with E-state index >= 15 is 0 Å². The summed E-state index contributed by atoms with van der Waals surface area (Å²) in [5, 5.41) is 3.07. The predicted octanol–water partition coefficient (Wildman–Crippen LogP) is 2.12. The van der Waals surface area contributed by atoms with Crippen LogP contribution in [0.4, 0.5) is 4.39 Å². The minimum absolute atomic E-state index is 0.104. The molecule has 15 heavy (non-hydrogen) atoms. The topological polar surface area (TPSA) is 34.1 Å². The maximum Gasteiger partial charge on any atom is 0.250 e. The molecule has 0 radical (unpaired) electrons. The molecule has 84 valence electrons. The summed E-state index contributed by atoms with van der Waals surface area (Å²) in [5.41, 5.74) is 0.595. The fourth-order valence-electron chi connectivity index (χ4n) is 1.16. The molecule has 0 bridgehead atoms. The molecule has 3 nitrogen and oxygen atoms in total. The first kappa shape index (κ1) is 11.9. The number of hydrogen-bond donors (Lipinski definition) is 1. The average molecular weight is 212 g/mol. The molecular formula is C11H17FN2O. The van der Waals surface area contributed by atoms with Crippen LogP contribution in [-0.2, 0) is 6.54 Å². The molecule has 0 aliphatic rings. The van der Waals surface area contributed by atoms with Crippen molar-refractivity contribution in [3.63, 3.8) is 0 Å². The van der Waals surface area contributed by atoms with Gasteiger partial charge in [-0.15, -0.1) is 0 Å². The minimum Gasteiger partial charge on any atom is -0.476 e. The second kappa shape index (κ2) is 6.35. The van der Waals surface area contributed by atoms with Crippen molar-refractivity contribution in [2.24, 2.45) is 0 Å². The third-order valence-corrected chi connectivity index (χ3v) is 1.95. The first-order chi connectivity index (χ1) is 7.29. The standard InChI is InChI=1S/C11H17FN2O/c1-3-7-15-11-10(12)9(5-6-14-11)8-13-4-2/h5-6,13H,3-4,7-8H2,1-2H3. The molecule has 1 rings (SSSR count). The molecule has 0 atom stereocenters. The Bertz CT molecular complexity index is 278. The Kier molecular flexibility index (Phi) is 5.04. The number of aromatic nitrogens is 1. The summed E-state index contributed by atoms with van der Waals surface area (Å²) in [5.74, 6) is -0.251. The fraction of sp³-hybridized carbons (Fsp3) is 0.545.